The number of thiophene rings is 1. The van der Waals surface area contributed by atoms with Crippen molar-refractivity contribution in [1.82, 2.24) is 9.38 Å². The Morgan fingerprint density at radius 1 is 1.26 bits per heavy atom. The molecule has 7 heteroatoms. The van der Waals surface area contributed by atoms with Crippen molar-refractivity contribution in [2.75, 3.05) is 5.32 Å². The topological polar surface area (TPSA) is 89.5 Å². The second-order valence-corrected chi connectivity index (χ2v) is 6.51. The summed E-state index contributed by atoms with van der Waals surface area (Å²) >= 11 is 1.34. The fourth-order valence-corrected chi connectivity index (χ4v) is 3.62. The van der Waals surface area contributed by atoms with Gasteiger partial charge in [0.25, 0.3) is 11.8 Å². The zero-order valence-electron chi connectivity index (χ0n) is 13.0. The lowest BCUT2D eigenvalue weighted by molar-refractivity contribution is 0.100. The van der Waals surface area contributed by atoms with Crippen LogP contribution in [-0.4, -0.2) is 21.2 Å². The van der Waals surface area contributed by atoms with Crippen LogP contribution in [0.1, 0.15) is 37.0 Å². The van der Waals surface area contributed by atoms with Gasteiger partial charge in [-0.05, 0) is 38.5 Å². The molecule has 3 N–H and O–H groups in total. The third kappa shape index (κ3) is 2.49. The van der Waals surface area contributed by atoms with Gasteiger partial charge in [0.15, 0.2) is 0 Å². The number of carbonyl (C=O) groups is 2. The zero-order valence-corrected chi connectivity index (χ0v) is 13.8. The number of fused-ring (bicyclic) bond motifs is 1. The van der Waals surface area contributed by atoms with Crippen molar-refractivity contribution in [3.63, 3.8) is 0 Å². The molecule has 0 radical (unpaired) electrons. The van der Waals surface area contributed by atoms with Gasteiger partial charge in [0, 0.05) is 11.1 Å². The van der Waals surface area contributed by atoms with Crippen LogP contribution in [0.5, 0.6) is 0 Å². The summed E-state index contributed by atoms with van der Waals surface area (Å²) in [6.45, 7) is 5.49. The number of anilines is 1. The van der Waals surface area contributed by atoms with Gasteiger partial charge in [0.05, 0.1) is 11.3 Å². The molecule has 0 saturated carbocycles. The van der Waals surface area contributed by atoms with Crippen LogP contribution in [0.15, 0.2) is 24.4 Å². The van der Waals surface area contributed by atoms with Crippen molar-refractivity contribution in [3.05, 3.63) is 51.8 Å². The van der Waals surface area contributed by atoms with E-state index in [1.807, 2.05) is 32.0 Å². The molecule has 0 aliphatic heterocycles. The Bertz CT molecular complexity index is 939. The molecule has 3 heterocycles. The van der Waals surface area contributed by atoms with Gasteiger partial charge in [-0.15, -0.1) is 11.3 Å². The lowest BCUT2D eigenvalue weighted by atomic mass is 10.1. The molecule has 0 saturated heterocycles. The van der Waals surface area contributed by atoms with Gasteiger partial charge >= 0.3 is 0 Å². The number of aryl methyl sites for hydroxylation is 2. The minimum atomic E-state index is -0.544. The Labute approximate surface area is 137 Å². The maximum Gasteiger partial charge on any atom is 0.275 e. The molecule has 118 valence electrons. The van der Waals surface area contributed by atoms with Crippen LogP contribution in [-0.2, 0) is 0 Å². The molecule has 0 aliphatic rings. The maximum atomic E-state index is 12.7. The monoisotopic (exact) mass is 328 g/mol. The van der Waals surface area contributed by atoms with E-state index in [4.69, 9.17) is 5.73 Å². The van der Waals surface area contributed by atoms with Crippen LogP contribution in [0.3, 0.4) is 0 Å². The van der Waals surface area contributed by atoms with Crippen LogP contribution >= 0.6 is 11.3 Å². The summed E-state index contributed by atoms with van der Waals surface area (Å²) in [5.41, 5.74) is 8.38. The van der Waals surface area contributed by atoms with E-state index in [0.29, 0.717) is 27.6 Å². The molecule has 3 aromatic rings. The molecule has 0 fully saturated rings. The highest BCUT2D eigenvalue weighted by molar-refractivity contribution is 7.16. The van der Waals surface area contributed by atoms with E-state index in [9.17, 15) is 9.59 Å². The lowest BCUT2D eigenvalue weighted by Gasteiger charge is -2.06. The normalized spacial score (nSPS) is 10.9. The summed E-state index contributed by atoms with van der Waals surface area (Å²) < 4.78 is 1.72. The van der Waals surface area contributed by atoms with Gasteiger partial charge in [-0.25, -0.2) is 4.98 Å². The highest BCUT2D eigenvalue weighted by atomic mass is 32.1. The number of imidazole rings is 1. The second kappa shape index (κ2) is 5.51. The highest BCUT2D eigenvalue weighted by Crippen LogP contribution is 2.32. The van der Waals surface area contributed by atoms with Crippen LogP contribution < -0.4 is 11.1 Å². The van der Waals surface area contributed by atoms with Crippen LogP contribution in [0.25, 0.3) is 5.65 Å². The molecule has 0 spiro atoms. The van der Waals surface area contributed by atoms with Crippen LogP contribution in [0.4, 0.5) is 5.00 Å². The Morgan fingerprint density at radius 3 is 2.70 bits per heavy atom. The number of amides is 2. The fraction of sp³-hybridized carbons (Fsp3) is 0.188. The average molecular weight is 328 g/mol. The molecule has 23 heavy (non-hydrogen) atoms. The number of pyridine rings is 1. The summed E-state index contributed by atoms with van der Waals surface area (Å²) in [4.78, 5) is 29.7. The average Bonchev–Trinajstić information content (AvgIpc) is 2.95. The van der Waals surface area contributed by atoms with Crippen molar-refractivity contribution in [1.29, 1.82) is 0 Å². The summed E-state index contributed by atoms with van der Waals surface area (Å²) in [7, 11) is 0. The molecule has 3 rings (SSSR count). The Morgan fingerprint density at radius 2 is 2.00 bits per heavy atom. The number of aromatic nitrogens is 2. The summed E-state index contributed by atoms with van der Waals surface area (Å²) in [6.07, 6.45) is 1.78. The van der Waals surface area contributed by atoms with Gasteiger partial charge in [-0.1, -0.05) is 6.07 Å². The number of hydrogen-bond donors (Lipinski definition) is 2. The first-order valence-corrected chi connectivity index (χ1v) is 7.86. The molecular formula is C16H16N4O2S. The number of nitrogens with one attached hydrogen (secondary N) is 1. The molecule has 0 aliphatic carbocycles. The van der Waals surface area contributed by atoms with Crippen LogP contribution in [0.2, 0.25) is 0 Å². The summed E-state index contributed by atoms with van der Waals surface area (Å²) in [5, 5.41) is 3.28. The molecule has 0 aromatic carbocycles. The Hall–Kier alpha value is -2.67. The van der Waals surface area contributed by atoms with Crippen molar-refractivity contribution >= 4 is 33.8 Å². The standard InChI is InChI=1S/C16H16N4O2S/c1-8-10(3)23-16(12(8)14(17)21)19-15(22)13-9(2)18-11-6-4-5-7-20(11)13/h4-7H,1-3H3,(H2,17,21)(H,19,22). The molecule has 3 aromatic heterocycles. The number of rotatable bonds is 3. The van der Waals surface area contributed by atoms with E-state index in [-0.39, 0.29) is 5.91 Å². The fourth-order valence-electron chi connectivity index (χ4n) is 2.56. The van der Waals surface area contributed by atoms with E-state index in [0.717, 1.165) is 10.4 Å². The molecule has 6 nitrogen and oxygen atoms in total. The predicted octanol–water partition coefficient (Wildman–Crippen LogP) is 2.67. The van der Waals surface area contributed by atoms with Crippen LogP contribution in [0, 0.1) is 20.8 Å². The van der Waals surface area contributed by atoms with E-state index in [1.54, 1.807) is 17.5 Å². The number of primary amides is 1. The first-order chi connectivity index (χ1) is 10.9. The molecular weight excluding hydrogens is 312 g/mol. The molecule has 0 atom stereocenters. The maximum absolute atomic E-state index is 12.7. The third-order valence-corrected chi connectivity index (χ3v) is 4.90. The van der Waals surface area contributed by atoms with Gasteiger partial charge in [-0.2, -0.15) is 0 Å². The van der Waals surface area contributed by atoms with Crippen molar-refractivity contribution < 1.29 is 9.59 Å². The first kappa shape index (κ1) is 15.2. The van der Waals surface area contributed by atoms with E-state index < -0.39 is 5.91 Å². The predicted molar refractivity (Wildman–Crippen MR) is 90.2 cm³/mol. The second-order valence-electron chi connectivity index (χ2n) is 5.28. The van der Waals surface area contributed by atoms with Gasteiger partial charge in [0.2, 0.25) is 0 Å². The van der Waals surface area contributed by atoms with E-state index in [2.05, 4.69) is 10.3 Å². The Kier molecular flexibility index (Phi) is 3.65. The number of nitrogens with two attached hydrogens (primary N) is 1. The first-order valence-electron chi connectivity index (χ1n) is 7.05. The summed E-state index contributed by atoms with van der Waals surface area (Å²) in [5.74, 6) is -0.859. The number of nitrogens with zero attached hydrogens (tertiary/aromatic N) is 2. The van der Waals surface area contributed by atoms with Crippen molar-refractivity contribution in [3.8, 4) is 0 Å². The Balaban J connectivity index is 2.04. The van der Waals surface area contributed by atoms with E-state index >= 15 is 0 Å². The SMILES string of the molecule is Cc1nc2ccccn2c1C(=O)Nc1sc(C)c(C)c1C(N)=O. The van der Waals surface area contributed by atoms with Crippen molar-refractivity contribution in [2.24, 2.45) is 5.73 Å². The minimum absolute atomic E-state index is 0.315. The quantitative estimate of drug-likeness (QED) is 0.774. The molecule has 0 bridgehead atoms. The van der Waals surface area contributed by atoms with E-state index in [1.165, 1.54) is 11.3 Å². The lowest BCUT2D eigenvalue weighted by Crippen LogP contribution is -2.19. The van der Waals surface area contributed by atoms with Crippen molar-refractivity contribution in [2.45, 2.75) is 20.8 Å². The smallest absolute Gasteiger partial charge is 0.275 e. The molecule has 2 amide bonds. The van der Waals surface area contributed by atoms with Gasteiger partial charge in [-0.3, -0.25) is 14.0 Å². The minimum Gasteiger partial charge on any atom is -0.365 e. The zero-order chi connectivity index (χ0) is 16.7. The number of carbonyl (C=O) groups excluding carboxylic acids is 2. The van der Waals surface area contributed by atoms with Gasteiger partial charge in [0.1, 0.15) is 16.3 Å². The third-order valence-electron chi connectivity index (χ3n) is 3.78. The summed E-state index contributed by atoms with van der Waals surface area (Å²) in [6, 6.07) is 5.53. The highest BCUT2D eigenvalue weighted by Gasteiger charge is 2.22. The number of hydrogen-bond acceptors (Lipinski definition) is 4. The molecule has 0 unspecified atom stereocenters. The largest absolute Gasteiger partial charge is 0.365 e. The van der Waals surface area contributed by atoms with Gasteiger partial charge < -0.3 is 11.1 Å².